The summed E-state index contributed by atoms with van der Waals surface area (Å²) in [5, 5.41) is 0. The molecule has 0 aromatic carbocycles. The topological polar surface area (TPSA) is 52.6 Å². The van der Waals surface area contributed by atoms with Crippen LogP contribution in [0.15, 0.2) is 23.8 Å². The highest BCUT2D eigenvalue weighted by Crippen LogP contribution is 2.43. The van der Waals surface area contributed by atoms with Crippen molar-refractivity contribution in [3.63, 3.8) is 0 Å². The Balaban J connectivity index is 2.53. The average Bonchev–Trinajstić information content (AvgIpc) is 2.30. The summed E-state index contributed by atoms with van der Waals surface area (Å²) in [6, 6.07) is 0. The second-order valence-electron chi connectivity index (χ2n) is 4.01. The second-order valence-corrected chi connectivity index (χ2v) is 4.01. The van der Waals surface area contributed by atoms with Gasteiger partial charge in [0.15, 0.2) is 5.78 Å². The van der Waals surface area contributed by atoms with Gasteiger partial charge in [-0.05, 0) is 6.92 Å². The number of ketones is 2. The Bertz CT molecular complexity index is 401. The Labute approximate surface area is 93.9 Å². The van der Waals surface area contributed by atoms with Crippen LogP contribution in [-0.4, -0.2) is 31.6 Å². The van der Waals surface area contributed by atoms with Crippen molar-refractivity contribution in [1.29, 1.82) is 0 Å². The quantitative estimate of drug-likeness (QED) is 0.525. The first-order valence-corrected chi connectivity index (χ1v) is 5.12. The van der Waals surface area contributed by atoms with Crippen molar-refractivity contribution in [3.05, 3.63) is 23.8 Å². The van der Waals surface area contributed by atoms with Gasteiger partial charge in [-0.2, -0.15) is 0 Å². The summed E-state index contributed by atoms with van der Waals surface area (Å²) >= 11 is 0. The molecule has 0 amide bonds. The van der Waals surface area contributed by atoms with Crippen LogP contribution in [0.4, 0.5) is 0 Å². The molecule has 0 fully saturated rings. The third-order valence-corrected chi connectivity index (χ3v) is 3.27. The van der Waals surface area contributed by atoms with Crippen LogP contribution in [0.5, 0.6) is 0 Å². The molecule has 0 spiro atoms. The number of carbonyl (C=O) groups excluding carboxylic acids is 2. The van der Waals surface area contributed by atoms with Gasteiger partial charge >= 0.3 is 0 Å². The smallest absolute Gasteiger partial charge is 0.240 e. The number of carbonyl (C=O) groups is 2. The van der Waals surface area contributed by atoms with Gasteiger partial charge in [0, 0.05) is 19.8 Å². The lowest BCUT2D eigenvalue weighted by atomic mass is 9.70. The minimum atomic E-state index is -1.32. The van der Waals surface area contributed by atoms with Crippen LogP contribution in [0.1, 0.15) is 6.92 Å². The molecule has 3 aliphatic carbocycles. The van der Waals surface area contributed by atoms with Crippen LogP contribution in [0.3, 0.4) is 0 Å². The molecule has 3 aliphatic rings. The van der Waals surface area contributed by atoms with Gasteiger partial charge in [0.05, 0.1) is 11.8 Å². The molecule has 0 N–H and O–H groups in total. The Morgan fingerprint density at radius 2 is 1.94 bits per heavy atom. The van der Waals surface area contributed by atoms with Gasteiger partial charge in [0.2, 0.25) is 11.6 Å². The fourth-order valence-corrected chi connectivity index (χ4v) is 2.44. The number of Topliss-reactive ketones (excluding diaryl/α,β-unsaturated/α-hetero) is 2. The Kier molecular flexibility index (Phi) is 2.56. The summed E-state index contributed by atoms with van der Waals surface area (Å²) in [5.41, 5.74) is 0.593. The number of allylic oxidation sites excluding steroid dienone is 2. The van der Waals surface area contributed by atoms with E-state index >= 15 is 0 Å². The van der Waals surface area contributed by atoms with E-state index < -0.39 is 17.6 Å². The highest BCUT2D eigenvalue weighted by atomic mass is 16.7. The summed E-state index contributed by atoms with van der Waals surface area (Å²) in [7, 11) is 2.85. The number of ether oxygens (including phenoxy) is 2. The molecular weight excluding hydrogens is 208 g/mol. The van der Waals surface area contributed by atoms with Crippen molar-refractivity contribution in [2.75, 3.05) is 14.2 Å². The summed E-state index contributed by atoms with van der Waals surface area (Å²) in [4.78, 5) is 23.6. The molecule has 16 heavy (non-hydrogen) atoms. The molecule has 3 rings (SSSR count). The third kappa shape index (κ3) is 1.23. The highest BCUT2D eigenvalue weighted by molar-refractivity contribution is 6.03. The molecule has 2 bridgehead atoms. The van der Waals surface area contributed by atoms with Gasteiger partial charge in [0.25, 0.3) is 0 Å². The van der Waals surface area contributed by atoms with Crippen molar-refractivity contribution in [2.45, 2.75) is 12.7 Å². The zero-order chi connectivity index (χ0) is 11.9. The molecule has 4 heteroatoms. The zero-order valence-corrected chi connectivity index (χ0v) is 9.52. The summed E-state index contributed by atoms with van der Waals surface area (Å²) in [5.74, 6) is -2.36. The number of hydrogen-bond acceptors (Lipinski definition) is 4. The van der Waals surface area contributed by atoms with Crippen LogP contribution >= 0.6 is 0 Å². The van der Waals surface area contributed by atoms with Crippen molar-refractivity contribution in [2.24, 2.45) is 11.8 Å². The number of methoxy groups -OCH3 is 2. The second kappa shape index (κ2) is 3.64. The predicted octanol–water partition coefficient (Wildman–Crippen LogP) is 0.876. The molecule has 0 saturated carbocycles. The van der Waals surface area contributed by atoms with E-state index in [0.717, 1.165) is 0 Å². The lowest BCUT2D eigenvalue weighted by Gasteiger charge is -2.43. The van der Waals surface area contributed by atoms with Crippen LogP contribution in [0.25, 0.3) is 0 Å². The van der Waals surface area contributed by atoms with Crippen LogP contribution in [0.2, 0.25) is 0 Å². The first-order chi connectivity index (χ1) is 7.56. The molecule has 0 aliphatic heterocycles. The number of rotatable bonds is 3. The van der Waals surface area contributed by atoms with Crippen LogP contribution < -0.4 is 0 Å². The van der Waals surface area contributed by atoms with Gasteiger partial charge in [-0.1, -0.05) is 18.2 Å². The first kappa shape index (κ1) is 11.2. The van der Waals surface area contributed by atoms with Gasteiger partial charge < -0.3 is 9.47 Å². The fourth-order valence-electron chi connectivity index (χ4n) is 2.44. The Hall–Kier alpha value is -1.26. The lowest BCUT2D eigenvalue weighted by Crippen LogP contribution is -2.56. The monoisotopic (exact) mass is 222 g/mol. The van der Waals surface area contributed by atoms with Gasteiger partial charge in [0.1, 0.15) is 0 Å². The molecular formula is C12H14O4. The molecule has 86 valence electrons. The van der Waals surface area contributed by atoms with Crippen molar-refractivity contribution in [3.8, 4) is 0 Å². The maximum absolute atomic E-state index is 12.1. The van der Waals surface area contributed by atoms with Crippen LogP contribution in [0, 0.1) is 11.8 Å². The normalized spacial score (nSPS) is 30.4. The van der Waals surface area contributed by atoms with Crippen molar-refractivity contribution >= 4 is 11.6 Å². The van der Waals surface area contributed by atoms with Crippen molar-refractivity contribution in [1.82, 2.24) is 0 Å². The van der Waals surface area contributed by atoms with Gasteiger partial charge in [-0.25, -0.2) is 0 Å². The molecule has 0 unspecified atom stereocenters. The summed E-state index contributed by atoms with van der Waals surface area (Å²) in [6.45, 7) is 1.49. The molecule has 0 aromatic rings. The van der Waals surface area contributed by atoms with E-state index in [2.05, 4.69) is 0 Å². The molecule has 4 nitrogen and oxygen atoms in total. The average molecular weight is 222 g/mol. The zero-order valence-electron chi connectivity index (χ0n) is 9.52. The van der Waals surface area contributed by atoms with Gasteiger partial charge in [-0.3, -0.25) is 9.59 Å². The summed E-state index contributed by atoms with van der Waals surface area (Å²) < 4.78 is 10.5. The van der Waals surface area contributed by atoms with E-state index in [1.54, 1.807) is 12.2 Å². The SMILES string of the molecule is COC1(OC)C(=O)[C@H]2C=C[C@@H]1C(C(C)=O)=C2. The number of fused-ring (bicyclic) bond motifs is 1. The predicted molar refractivity (Wildman–Crippen MR) is 56.6 cm³/mol. The molecule has 0 aromatic heterocycles. The highest BCUT2D eigenvalue weighted by Gasteiger charge is 2.55. The Morgan fingerprint density at radius 3 is 2.44 bits per heavy atom. The van der Waals surface area contributed by atoms with E-state index in [0.29, 0.717) is 5.57 Å². The lowest BCUT2D eigenvalue weighted by molar-refractivity contribution is -0.224. The first-order valence-electron chi connectivity index (χ1n) is 5.12. The van der Waals surface area contributed by atoms with E-state index in [4.69, 9.17) is 9.47 Å². The molecule has 0 radical (unpaired) electrons. The van der Waals surface area contributed by atoms with E-state index in [-0.39, 0.29) is 11.6 Å². The standard InChI is InChI=1S/C12H14O4/c1-7(13)9-6-8-4-5-10(9)12(15-2,16-3)11(8)14/h4-6,8,10H,1-3H3/t8-,10+/m0/s1. The fraction of sp³-hybridized carbons (Fsp3) is 0.500. The molecule has 0 heterocycles. The summed E-state index contributed by atoms with van der Waals surface area (Å²) in [6.07, 6.45) is 5.30. The van der Waals surface area contributed by atoms with E-state index in [9.17, 15) is 9.59 Å². The van der Waals surface area contributed by atoms with E-state index in [1.807, 2.05) is 6.08 Å². The third-order valence-electron chi connectivity index (χ3n) is 3.27. The van der Waals surface area contributed by atoms with Gasteiger partial charge in [-0.15, -0.1) is 0 Å². The maximum Gasteiger partial charge on any atom is 0.240 e. The maximum atomic E-state index is 12.1. The minimum Gasteiger partial charge on any atom is -0.346 e. The molecule has 0 saturated heterocycles. The number of hydrogen-bond donors (Lipinski definition) is 0. The largest absolute Gasteiger partial charge is 0.346 e. The minimum absolute atomic E-state index is 0.0506. The van der Waals surface area contributed by atoms with Crippen molar-refractivity contribution < 1.29 is 19.1 Å². The Morgan fingerprint density at radius 1 is 1.31 bits per heavy atom. The van der Waals surface area contributed by atoms with E-state index in [1.165, 1.54) is 21.1 Å². The van der Waals surface area contributed by atoms with Crippen LogP contribution in [-0.2, 0) is 19.1 Å². The molecule has 2 atom stereocenters.